The first kappa shape index (κ1) is 12.9. The number of hydrogen-bond donors (Lipinski definition) is 1. The SMILES string of the molecule is Cc1cc2ncn(Cc3ccc(C(=O)O)s3)c2cc1C. The van der Waals surface area contributed by atoms with Crippen LogP contribution < -0.4 is 0 Å². The third kappa shape index (κ3) is 2.20. The van der Waals surface area contributed by atoms with Crippen LogP contribution >= 0.6 is 11.3 Å². The van der Waals surface area contributed by atoms with E-state index in [1.54, 1.807) is 6.07 Å². The van der Waals surface area contributed by atoms with Gasteiger partial charge in [-0.25, -0.2) is 9.78 Å². The van der Waals surface area contributed by atoms with Crippen molar-refractivity contribution < 1.29 is 9.90 Å². The minimum Gasteiger partial charge on any atom is -0.477 e. The van der Waals surface area contributed by atoms with Gasteiger partial charge in [-0.1, -0.05) is 0 Å². The maximum absolute atomic E-state index is 10.9. The van der Waals surface area contributed by atoms with Gasteiger partial charge in [-0.2, -0.15) is 0 Å². The molecule has 0 saturated heterocycles. The first-order valence-electron chi connectivity index (χ1n) is 6.28. The van der Waals surface area contributed by atoms with Gasteiger partial charge in [0.15, 0.2) is 0 Å². The highest BCUT2D eigenvalue weighted by Crippen LogP contribution is 2.22. The Kier molecular flexibility index (Phi) is 3.06. The van der Waals surface area contributed by atoms with E-state index < -0.39 is 5.97 Å². The zero-order chi connectivity index (χ0) is 14.3. The molecular formula is C15H14N2O2S. The van der Waals surface area contributed by atoms with Gasteiger partial charge in [0.25, 0.3) is 0 Å². The van der Waals surface area contributed by atoms with E-state index in [2.05, 4.69) is 35.5 Å². The fourth-order valence-electron chi connectivity index (χ4n) is 2.18. The lowest BCUT2D eigenvalue weighted by molar-refractivity contribution is 0.0702. The van der Waals surface area contributed by atoms with Gasteiger partial charge in [-0.15, -0.1) is 11.3 Å². The van der Waals surface area contributed by atoms with Crippen molar-refractivity contribution in [2.45, 2.75) is 20.4 Å². The van der Waals surface area contributed by atoms with Gasteiger partial charge in [0.05, 0.1) is 23.9 Å². The van der Waals surface area contributed by atoms with E-state index in [1.165, 1.54) is 22.5 Å². The van der Waals surface area contributed by atoms with E-state index in [-0.39, 0.29) is 0 Å². The van der Waals surface area contributed by atoms with Crippen molar-refractivity contribution in [2.24, 2.45) is 0 Å². The molecule has 0 amide bonds. The van der Waals surface area contributed by atoms with Crippen LogP contribution in [0.2, 0.25) is 0 Å². The van der Waals surface area contributed by atoms with Gasteiger partial charge in [0.2, 0.25) is 0 Å². The molecule has 0 aliphatic rings. The van der Waals surface area contributed by atoms with E-state index in [9.17, 15) is 4.79 Å². The molecule has 2 aromatic heterocycles. The molecule has 0 saturated carbocycles. The van der Waals surface area contributed by atoms with Crippen LogP contribution in [0.5, 0.6) is 0 Å². The van der Waals surface area contributed by atoms with Crippen molar-refractivity contribution in [1.82, 2.24) is 9.55 Å². The summed E-state index contributed by atoms with van der Waals surface area (Å²) < 4.78 is 2.05. The van der Waals surface area contributed by atoms with Gasteiger partial charge in [-0.3, -0.25) is 0 Å². The summed E-state index contributed by atoms with van der Waals surface area (Å²) in [6.07, 6.45) is 1.81. The van der Waals surface area contributed by atoms with Crippen LogP contribution in [0, 0.1) is 13.8 Å². The second kappa shape index (κ2) is 4.76. The quantitative estimate of drug-likeness (QED) is 0.802. The fourth-order valence-corrected chi connectivity index (χ4v) is 3.03. The lowest BCUT2D eigenvalue weighted by Crippen LogP contribution is -1.96. The number of aromatic carboxylic acids is 1. The standard InChI is InChI=1S/C15H14N2O2S/c1-9-5-12-13(6-10(9)2)17(8-16-12)7-11-3-4-14(20-11)15(18)19/h3-6,8H,7H2,1-2H3,(H,18,19). The van der Waals surface area contributed by atoms with Crippen LogP contribution in [0.3, 0.4) is 0 Å². The number of rotatable bonds is 3. The van der Waals surface area contributed by atoms with Gasteiger partial charge < -0.3 is 9.67 Å². The Morgan fingerprint density at radius 2 is 2.05 bits per heavy atom. The number of carboxylic acids is 1. The second-order valence-electron chi connectivity index (χ2n) is 4.87. The zero-order valence-corrected chi connectivity index (χ0v) is 12.1. The number of aryl methyl sites for hydroxylation is 2. The number of fused-ring (bicyclic) bond motifs is 1. The van der Waals surface area contributed by atoms with E-state index in [0.717, 1.165) is 15.9 Å². The molecule has 0 spiro atoms. The van der Waals surface area contributed by atoms with Crippen molar-refractivity contribution in [3.8, 4) is 0 Å². The zero-order valence-electron chi connectivity index (χ0n) is 11.3. The highest BCUT2D eigenvalue weighted by Gasteiger charge is 2.09. The summed E-state index contributed by atoms with van der Waals surface area (Å²) in [6.45, 7) is 4.81. The molecule has 0 bridgehead atoms. The van der Waals surface area contributed by atoms with Crippen LogP contribution in [-0.2, 0) is 6.54 Å². The predicted molar refractivity (Wildman–Crippen MR) is 79.6 cm³/mol. The summed E-state index contributed by atoms with van der Waals surface area (Å²) in [4.78, 5) is 16.7. The Bertz CT molecular complexity index is 801. The maximum Gasteiger partial charge on any atom is 0.345 e. The smallest absolute Gasteiger partial charge is 0.345 e. The van der Waals surface area contributed by atoms with E-state index >= 15 is 0 Å². The molecule has 4 nitrogen and oxygen atoms in total. The Morgan fingerprint density at radius 3 is 2.75 bits per heavy atom. The van der Waals surface area contributed by atoms with Crippen LogP contribution in [0.25, 0.3) is 11.0 Å². The van der Waals surface area contributed by atoms with Crippen molar-refractivity contribution >= 4 is 28.3 Å². The Morgan fingerprint density at radius 1 is 1.30 bits per heavy atom. The molecule has 2 heterocycles. The molecule has 0 fully saturated rings. The maximum atomic E-state index is 10.9. The topological polar surface area (TPSA) is 55.1 Å². The third-order valence-corrected chi connectivity index (χ3v) is 4.49. The number of carbonyl (C=O) groups is 1. The summed E-state index contributed by atoms with van der Waals surface area (Å²) in [5.41, 5.74) is 4.52. The summed E-state index contributed by atoms with van der Waals surface area (Å²) >= 11 is 1.31. The average Bonchev–Trinajstić information content (AvgIpc) is 3.00. The van der Waals surface area contributed by atoms with Crippen LogP contribution in [-0.4, -0.2) is 20.6 Å². The molecule has 5 heteroatoms. The third-order valence-electron chi connectivity index (χ3n) is 3.44. The number of imidazole rings is 1. The number of thiophene rings is 1. The normalized spacial score (nSPS) is 11.1. The summed E-state index contributed by atoms with van der Waals surface area (Å²) in [7, 11) is 0. The Hall–Kier alpha value is -2.14. The summed E-state index contributed by atoms with van der Waals surface area (Å²) in [5, 5.41) is 8.95. The molecule has 0 aliphatic carbocycles. The molecule has 3 rings (SSSR count). The molecule has 3 aromatic rings. The molecule has 1 aromatic carbocycles. The molecule has 0 radical (unpaired) electrons. The number of benzene rings is 1. The first-order valence-corrected chi connectivity index (χ1v) is 7.10. The average molecular weight is 286 g/mol. The monoisotopic (exact) mass is 286 g/mol. The first-order chi connectivity index (χ1) is 9.54. The number of nitrogens with zero attached hydrogens (tertiary/aromatic N) is 2. The van der Waals surface area contributed by atoms with Crippen LogP contribution in [0.1, 0.15) is 25.7 Å². The molecule has 20 heavy (non-hydrogen) atoms. The lowest BCUT2D eigenvalue weighted by Gasteiger charge is -2.04. The van der Waals surface area contributed by atoms with Gasteiger partial charge in [0.1, 0.15) is 4.88 Å². The largest absolute Gasteiger partial charge is 0.477 e. The summed E-state index contributed by atoms with van der Waals surface area (Å²) in [5.74, 6) is -0.872. The molecule has 102 valence electrons. The van der Waals surface area contributed by atoms with Crippen molar-refractivity contribution in [3.05, 3.63) is 51.5 Å². The second-order valence-corrected chi connectivity index (χ2v) is 6.04. The van der Waals surface area contributed by atoms with Gasteiger partial charge in [-0.05, 0) is 49.2 Å². The van der Waals surface area contributed by atoms with Crippen molar-refractivity contribution in [1.29, 1.82) is 0 Å². The van der Waals surface area contributed by atoms with E-state index in [0.29, 0.717) is 11.4 Å². The minimum absolute atomic E-state index is 0.372. The molecular weight excluding hydrogens is 272 g/mol. The van der Waals surface area contributed by atoms with E-state index in [1.807, 2.05) is 12.4 Å². The summed E-state index contributed by atoms with van der Waals surface area (Å²) in [6, 6.07) is 7.72. The van der Waals surface area contributed by atoms with Crippen LogP contribution in [0.4, 0.5) is 0 Å². The number of carboxylic acid groups (broad SMARTS) is 1. The molecule has 1 N–H and O–H groups in total. The Labute approximate surface area is 120 Å². The predicted octanol–water partition coefficient (Wildman–Crippen LogP) is 3.46. The fraction of sp³-hybridized carbons (Fsp3) is 0.200. The molecule has 0 aliphatic heterocycles. The molecule has 0 atom stereocenters. The minimum atomic E-state index is -0.872. The highest BCUT2D eigenvalue weighted by atomic mass is 32.1. The van der Waals surface area contributed by atoms with Crippen LogP contribution in [0.15, 0.2) is 30.6 Å². The Balaban J connectivity index is 1.98. The van der Waals surface area contributed by atoms with Gasteiger partial charge >= 0.3 is 5.97 Å². The number of hydrogen-bond acceptors (Lipinski definition) is 3. The van der Waals surface area contributed by atoms with Crippen molar-refractivity contribution in [2.75, 3.05) is 0 Å². The highest BCUT2D eigenvalue weighted by molar-refractivity contribution is 7.13. The van der Waals surface area contributed by atoms with Crippen molar-refractivity contribution in [3.63, 3.8) is 0 Å². The lowest BCUT2D eigenvalue weighted by atomic mass is 10.1. The number of aromatic nitrogens is 2. The molecule has 0 unspecified atom stereocenters. The van der Waals surface area contributed by atoms with Gasteiger partial charge in [0, 0.05) is 4.88 Å². The van der Waals surface area contributed by atoms with E-state index in [4.69, 9.17) is 5.11 Å².